The van der Waals surface area contributed by atoms with Gasteiger partial charge in [0, 0.05) is 29.2 Å². The molecule has 52 valence electrons. The maximum Gasteiger partial charge on any atom is 0.280 e. The number of hydrogen-bond acceptors (Lipinski definition) is 2. The van der Waals surface area contributed by atoms with Crippen molar-refractivity contribution in [2.75, 3.05) is 13.2 Å². The monoisotopic (exact) mass is 241 g/mol. The van der Waals surface area contributed by atoms with Crippen molar-refractivity contribution in [3.05, 3.63) is 0 Å². The molecule has 1 atom stereocenters. The van der Waals surface area contributed by atoms with Crippen molar-refractivity contribution < 1.29 is 9.53 Å². The summed E-state index contributed by atoms with van der Waals surface area (Å²) in [6, 6.07) is 0.259. The minimum Gasteiger partial charge on any atom is -0.379 e. The van der Waals surface area contributed by atoms with Gasteiger partial charge in [0.25, 0.3) is 3.91 Å². The van der Waals surface area contributed by atoms with Gasteiger partial charge in [0.15, 0.2) is 0 Å². The van der Waals surface area contributed by atoms with Crippen molar-refractivity contribution >= 4 is 26.5 Å². The highest BCUT2D eigenvalue weighted by Crippen LogP contribution is 2.03. The molecule has 1 N–H and O–H groups in total. The molecular weight excluding hydrogens is 233 g/mol. The number of halogens is 1. The van der Waals surface area contributed by atoms with E-state index in [0.29, 0.717) is 6.61 Å². The van der Waals surface area contributed by atoms with Gasteiger partial charge in [0.2, 0.25) is 0 Å². The van der Waals surface area contributed by atoms with Gasteiger partial charge in [-0.25, -0.2) is 0 Å². The molecule has 1 rings (SSSR count). The van der Waals surface area contributed by atoms with E-state index in [1.165, 1.54) is 0 Å². The fourth-order valence-electron chi connectivity index (χ4n) is 0.809. The summed E-state index contributed by atoms with van der Waals surface area (Å²) in [5.41, 5.74) is 0. The lowest BCUT2D eigenvalue weighted by molar-refractivity contribution is 0.190. The van der Waals surface area contributed by atoms with Crippen LogP contribution in [0.2, 0.25) is 0 Å². The van der Waals surface area contributed by atoms with E-state index in [4.69, 9.17) is 4.74 Å². The average molecular weight is 241 g/mol. The second kappa shape index (κ2) is 3.36. The zero-order chi connectivity index (χ0) is 6.69. The molecule has 0 radical (unpaired) electrons. The van der Waals surface area contributed by atoms with Gasteiger partial charge in [-0.2, -0.15) is 0 Å². The fourth-order valence-corrected chi connectivity index (χ4v) is 1.25. The predicted molar refractivity (Wildman–Crippen MR) is 41.8 cm³/mol. The van der Waals surface area contributed by atoms with E-state index in [1.54, 1.807) is 22.6 Å². The predicted octanol–water partition coefficient (Wildman–Crippen LogP) is 0.920. The molecule has 1 amide bonds. The van der Waals surface area contributed by atoms with Gasteiger partial charge in [-0.15, -0.1) is 0 Å². The maximum absolute atomic E-state index is 10.4. The quantitative estimate of drug-likeness (QED) is 0.421. The molecule has 0 aromatic rings. The topological polar surface area (TPSA) is 38.3 Å². The van der Waals surface area contributed by atoms with Crippen LogP contribution in [0, 0.1) is 0 Å². The van der Waals surface area contributed by atoms with Crippen LogP contribution in [0.25, 0.3) is 0 Å². The summed E-state index contributed by atoms with van der Waals surface area (Å²) in [5.74, 6) is 0. The Kier molecular flexibility index (Phi) is 2.71. The molecule has 1 aliphatic rings. The molecule has 1 saturated heterocycles. The highest BCUT2D eigenvalue weighted by Gasteiger charge is 2.15. The number of amides is 1. The van der Waals surface area contributed by atoms with E-state index in [1.807, 2.05) is 0 Å². The Bertz CT molecular complexity index is 112. The Morgan fingerprint density at radius 3 is 3.00 bits per heavy atom. The van der Waals surface area contributed by atoms with Crippen molar-refractivity contribution in [1.29, 1.82) is 0 Å². The van der Waals surface area contributed by atoms with Crippen LogP contribution in [0.15, 0.2) is 0 Å². The van der Waals surface area contributed by atoms with Crippen molar-refractivity contribution in [3.8, 4) is 0 Å². The number of carbonyl (C=O) groups is 1. The zero-order valence-electron chi connectivity index (χ0n) is 4.89. The Hall–Kier alpha value is 0.160. The van der Waals surface area contributed by atoms with Crippen LogP contribution in [0.4, 0.5) is 4.79 Å². The molecule has 0 spiro atoms. The SMILES string of the molecule is O=C(I)NC1CCOC1. The molecule has 9 heavy (non-hydrogen) atoms. The molecule has 0 aromatic carbocycles. The molecule has 1 unspecified atom stereocenters. The number of nitrogens with one attached hydrogen (secondary N) is 1. The van der Waals surface area contributed by atoms with Gasteiger partial charge in [0.1, 0.15) is 0 Å². The molecule has 1 heterocycles. The third-order valence-corrected chi connectivity index (χ3v) is 1.56. The lowest BCUT2D eigenvalue weighted by atomic mass is 10.3. The van der Waals surface area contributed by atoms with Crippen LogP contribution < -0.4 is 5.32 Å². The summed E-state index contributed by atoms with van der Waals surface area (Å²) < 4.78 is 5.04. The van der Waals surface area contributed by atoms with Crippen molar-refractivity contribution in [1.82, 2.24) is 5.32 Å². The first-order chi connectivity index (χ1) is 4.29. The van der Waals surface area contributed by atoms with Crippen LogP contribution in [-0.4, -0.2) is 23.2 Å². The summed E-state index contributed by atoms with van der Waals surface area (Å²) in [7, 11) is 0. The molecule has 0 bridgehead atoms. The fraction of sp³-hybridized carbons (Fsp3) is 0.800. The van der Waals surface area contributed by atoms with E-state index < -0.39 is 0 Å². The Labute approximate surface area is 67.3 Å². The maximum atomic E-state index is 10.4. The Morgan fingerprint density at radius 2 is 2.56 bits per heavy atom. The molecule has 0 aromatic heterocycles. The second-order valence-corrected chi connectivity index (χ2v) is 2.96. The number of hydrogen-bond donors (Lipinski definition) is 1. The molecule has 0 aliphatic carbocycles. The molecule has 3 nitrogen and oxygen atoms in total. The van der Waals surface area contributed by atoms with Crippen molar-refractivity contribution in [3.63, 3.8) is 0 Å². The van der Waals surface area contributed by atoms with E-state index in [9.17, 15) is 4.79 Å². The minimum atomic E-state index is 0.00287. The highest BCUT2D eigenvalue weighted by atomic mass is 127. The van der Waals surface area contributed by atoms with Gasteiger partial charge < -0.3 is 10.1 Å². The zero-order valence-corrected chi connectivity index (χ0v) is 7.05. The van der Waals surface area contributed by atoms with E-state index in [-0.39, 0.29) is 9.96 Å². The van der Waals surface area contributed by atoms with E-state index >= 15 is 0 Å². The molecule has 1 aliphatic heterocycles. The van der Waals surface area contributed by atoms with Crippen LogP contribution in [0.3, 0.4) is 0 Å². The van der Waals surface area contributed by atoms with Gasteiger partial charge in [-0.1, -0.05) is 0 Å². The van der Waals surface area contributed by atoms with Crippen LogP contribution in [-0.2, 0) is 4.74 Å². The van der Waals surface area contributed by atoms with Gasteiger partial charge in [0.05, 0.1) is 12.6 Å². The van der Waals surface area contributed by atoms with Gasteiger partial charge in [-0.3, -0.25) is 4.79 Å². The van der Waals surface area contributed by atoms with Crippen LogP contribution in [0.1, 0.15) is 6.42 Å². The third kappa shape index (κ3) is 2.49. The number of carbonyl (C=O) groups excluding carboxylic acids is 1. The highest BCUT2D eigenvalue weighted by molar-refractivity contribution is 14.1. The molecular formula is C5H8INO2. The second-order valence-electron chi connectivity index (χ2n) is 1.98. The summed E-state index contributed by atoms with van der Waals surface area (Å²) in [5, 5.41) is 2.76. The lowest BCUT2D eigenvalue weighted by Gasteiger charge is -2.05. The normalized spacial score (nSPS) is 26.1. The molecule has 1 fully saturated rings. The van der Waals surface area contributed by atoms with Gasteiger partial charge in [-0.05, 0) is 6.42 Å². The summed E-state index contributed by atoms with van der Waals surface area (Å²) in [6.45, 7) is 1.45. The van der Waals surface area contributed by atoms with Crippen LogP contribution >= 0.6 is 22.6 Å². The standard InChI is InChI=1S/C5H8INO2/c6-5(8)7-4-1-2-9-3-4/h4H,1-3H2,(H,7,8). The first-order valence-electron chi connectivity index (χ1n) is 2.83. The number of rotatable bonds is 1. The summed E-state index contributed by atoms with van der Waals surface area (Å²) in [6.07, 6.45) is 0.953. The van der Waals surface area contributed by atoms with Crippen LogP contribution in [0.5, 0.6) is 0 Å². The first-order valence-corrected chi connectivity index (χ1v) is 3.90. The average Bonchev–Trinajstić information content (AvgIpc) is 2.15. The summed E-state index contributed by atoms with van der Waals surface area (Å²) >= 11 is 1.73. The lowest BCUT2D eigenvalue weighted by Crippen LogP contribution is -2.30. The van der Waals surface area contributed by atoms with E-state index in [2.05, 4.69) is 5.32 Å². The largest absolute Gasteiger partial charge is 0.379 e. The van der Waals surface area contributed by atoms with Gasteiger partial charge >= 0.3 is 0 Å². The molecule has 0 saturated carbocycles. The Morgan fingerprint density at radius 1 is 1.78 bits per heavy atom. The third-order valence-electron chi connectivity index (χ3n) is 1.25. The first kappa shape index (κ1) is 7.27. The smallest absolute Gasteiger partial charge is 0.280 e. The minimum absolute atomic E-state index is 0.00287. The van der Waals surface area contributed by atoms with Crippen molar-refractivity contribution in [2.24, 2.45) is 0 Å². The summed E-state index contributed by atoms with van der Waals surface area (Å²) in [4.78, 5) is 10.4. The number of ether oxygens (including phenoxy) is 1. The molecule has 4 heteroatoms. The Balaban J connectivity index is 2.19. The van der Waals surface area contributed by atoms with E-state index in [0.717, 1.165) is 13.0 Å². The van der Waals surface area contributed by atoms with Crippen molar-refractivity contribution in [2.45, 2.75) is 12.5 Å².